The molecule has 2 aromatic carbocycles. The summed E-state index contributed by atoms with van der Waals surface area (Å²) in [7, 11) is 0. The van der Waals surface area contributed by atoms with Crippen LogP contribution in [0.2, 0.25) is 0 Å². The third-order valence-corrected chi connectivity index (χ3v) is 5.35. The van der Waals surface area contributed by atoms with Crippen molar-refractivity contribution in [3.8, 4) is 5.75 Å². The molecule has 150 valence electrons. The first-order chi connectivity index (χ1) is 13.6. The maximum atomic E-state index is 12.2. The van der Waals surface area contributed by atoms with Gasteiger partial charge in [0.25, 0.3) is 0 Å². The van der Waals surface area contributed by atoms with E-state index in [-0.39, 0.29) is 11.9 Å². The molecule has 4 nitrogen and oxygen atoms in total. The van der Waals surface area contributed by atoms with E-state index in [1.165, 1.54) is 18.5 Å². The number of carbonyl (C=O) groups is 1. The van der Waals surface area contributed by atoms with Crippen molar-refractivity contribution in [3.63, 3.8) is 0 Å². The molecule has 0 bridgehead atoms. The molecule has 0 radical (unpaired) electrons. The fourth-order valence-electron chi connectivity index (χ4n) is 3.73. The number of hydrogen-bond donors (Lipinski definition) is 1. The zero-order valence-corrected chi connectivity index (χ0v) is 17.1. The van der Waals surface area contributed by atoms with Gasteiger partial charge < -0.3 is 15.0 Å². The van der Waals surface area contributed by atoms with Gasteiger partial charge >= 0.3 is 0 Å². The molecule has 1 saturated heterocycles. The predicted molar refractivity (Wildman–Crippen MR) is 115 cm³/mol. The maximum absolute atomic E-state index is 12.2. The summed E-state index contributed by atoms with van der Waals surface area (Å²) in [6, 6.07) is 18.4. The Morgan fingerprint density at radius 2 is 1.93 bits per heavy atom. The molecule has 0 aromatic heterocycles. The van der Waals surface area contributed by atoms with E-state index >= 15 is 0 Å². The summed E-state index contributed by atoms with van der Waals surface area (Å²) in [4.78, 5) is 14.7. The molecular formula is C24H32N2O2. The number of nitrogens with zero attached hydrogens (tertiary/aromatic N) is 1. The lowest BCUT2D eigenvalue weighted by atomic mass is 9.99. The van der Waals surface area contributed by atoms with E-state index in [4.69, 9.17) is 4.74 Å². The van der Waals surface area contributed by atoms with Gasteiger partial charge in [0.2, 0.25) is 5.91 Å². The first-order valence-electron chi connectivity index (χ1n) is 10.4. The molecule has 0 spiro atoms. The van der Waals surface area contributed by atoms with Crippen LogP contribution in [0.25, 0.3) is 0 Å². The smallest absolute Gasteiger partial charge is 0.220 e. The zero-order chi connectivity index (χ0) is 19.8. The van der Waals surface area contributed by atoms with Crippen LogP contribution in [-0.4, -0.2) is 25.6 Å². The second-order valence-corrected chi connectivity index (χ2v) is 7.84. The largest absolute Gasteiger partial charge is 0.494 e. The highest BCUT2D eigenvalue weighted by Crippen LogP contribution is 2.24. The molecule has 1 fully saturated rings. The van der Waals surface area contributed by atoms with Crippen LogP contribution >= 0.6 is 0 Å². The Balaban J connectivity index is 1.41. The summed E-state index contributed by atoms with van der Waals surface area (Å²) in [6.45, 7) is 7.19. The first-order valence-corrected chi connectivity index (χ1v) is 10.4. The molecule has 0 saturated carbocycles. The molecule has 1 heterocycles. The van der Waals surface area contributed by atoms with E-state index in [1.807, 2.05) is 37.3 Å². The minimum absolute atomic E-state index is 0.0110. The Morgan fingerprint density at radius 3 is 2.64 bits per heavy atom. The number of nitrogens with one attached hydrogen (secondary N) is 1. The molecule has 4 heteroatoms. The Morgan fingerprint density at radius 1 is 1.18 bits per heavy atom. The number of hydrogen-bond acceptors (Lipinski definition) is 3. The Labute approximate surface area is 168 Å². The number of piperidine rings is 1. The van der Waals surface area contributed by atoms with Crippen molar-refractivity contribution >= 4 is 11.6 Å². The van der Waals surface area contributed by atoms with Gasteiger partial charge in [-0.15, -0.1) is 0 Å². The van der Waals surface area contributed by atoms with Gasteiger partial charge in [-0.25, -0.2) is 0 Å². The van der Waals surface area contributed by atoms with E-state index in [9.17, 15) is 4.79 Å². The van der Waals surface area contributed by atoms with Crippen molar-refractivity contribution in [2.45, 2.75) is 45.6 Å². The van der Waals surface area contributed by atoms with Crippen LogP contribution in [0.5, 0.6) is 5.75 Å². The topological polar surface area (TPSA) is 41.6 Å². The monoisotopic (exact) mass is 380 g/mol. The fourth-order valence-corrected chi connectivity index (χ4v) is 3.73. The summed E-state index contributed by atoms with van der Waals surface area (Å²) in [5.41, 5.74) is 2.43. The van der Waals surface area contributed by atoms with E-state index in [2.05, 4.69) is 41.4 Å². The van der Waals surface area contributed by atoms with Crippen LogP contribution in [0.1, 0.15) is 51.1 Å². The van der Waals surface area contributed by atoms with Gasteiger partial charge in [-0.1, -0.05) is 37.3 Å². The predicted octanol–water partition coefficient (Wildman–Crippen LogP) is 4.96. The summed E-state index contributed by atoms with van der Waals surface area (Å²) >= 11 is 0. The van der Waals surface area contributed by atoms with Crippen molar-refractivity contribution in [1.82, 2.24) is 5.32 Å². The molecule has 1 N–H and O–H groups in total. The third-order valence-electron chi connectivity index (χ3n) is 5.35. The summed E-state index contributed by atoms with van der Waals surface area (Å²) in [5.74, 6) is 1.68. The standard InChI is InChI=1S/C24H32N2O2/c1-19-8-6-16-26(18-19)22-14-12-21(13-15-22)20(2)25-24(27)11-7-17-28-23-9-4-3-5-10-23/h3-5,9-10,12-15,19-20H,6-8,11,16-18H2,1-2H3,(H,25,27)/t19-,20-/m0/s1. The molecule has 1 amide bonds. The number of anilines is 1. The van der Waals surface area contributed by atoms with E-state index in [0.717, 1.165) is 30.3 Å². The van der Waals surface area contributed by atoms with Gasteiger partial charge in [-0.2, -0.15) is 0 Å². The Kier molecular flexibility index (Phi) is 7.35. The first kappa shape index (κ1) is 20.2. The molecule has 2 aromatic rings. The Bertz CT molecular complexity index is 730. The van der Waals surface area contributed by atoms with Gasteiger partial charge in [0.1, 0.15) is 5.75 Å². The molecular weight excluding hydrogens is 348 g/mol. The summed E-state index contributed by atoms with van der Waals surface area (Å²) < 4.78 is 5.64. The lowest BCUT2D eigenvalue weighted by Gasteiger charge is -2.33. The summed E-state index contributed by atoms with van der Waals surface area (Å²) in [5, 5.41) is 3.09. The van der Waals surface area contributed by atoms with Crippen molar-refractivity contribution < 1.29 is 9.53 Å². The minimum Gasteiger partial charge on any atom is -0.494 e. The van der Waals surface area contributed by atoms with Crippen LogP contribution < -0.4 is 15.0 Å². The molecule has 2 atom stereocenters. The lowest BCUT2D eigenvalue weighted by Crippen LogP contribution is -2.34. The van der Waals surface area contributed by atoms with Gasteiger partial charge in [-0.3, -0.25) is 4.79 Å². The highest BCUT2D eigenvalue weighted by molar-refractivity contribution is 5.76. The van der Waals surface area contributed by atoms with Gasteiger partial charge in [0.15, 0.2) is 0 Å². The van der Waals surface area contributed by atoms with Crippen LogP contribution in [0.4, 0.5) is 5.69 Å². The zero-order valence-electron chi connectivity index (χ0n) is 17.1. The number of amides is 1. The SMILES string of the molecule is C[C@H]1CCCN(c2ccc([C@H](C)NC(=O)CCCOc3ccccc3)cc2)C1. The number of rotatable bonds is 8. The van der Waals surface area contributed by atoms with E-state index < -0.39 is 0 Å². The molecule has 28 heavy (non-hydrogen) atoms. The normalized spacial score (nSPS) is 17.8. The average Bonchev–Trinajstić information content (AvgIpc) is 2.72. The highest BCUT2D eigenvalue weighted by Gasteiger charge is 2.17. The molecule has 3 rings (SSSR count). The fraction of sp³-hybridized carbons (Fsp3) is 0.458. The second-order valence-electron chi connectivity index (χ2n) is 7.84. The average molecular weight is 381 g/mol. The number of carbonyl (C=O) groups excluding carboxylic acids is 1. The van der Waals surface area contributed by atoms with Crippen molar-refractivity contribution in [2.75, 3.05) is 24.6 Å². The number of ether oxygens (including phenoxy) is 1. The van der Waals surface area contributed by atoms with Crippen LogP contribution in [0, 0.1) is 5.92 Å². The number of para-hydroxylation sites is 1. The quantitative estimate of drug-likeness (QED) is 0.658. The van der Waals surface area contributed by atoms with Gasteiger partial charge in [-0.05, 0) is 61.9 Å². The van der Waals surface area contributed by atoms with Crippen LogP contribution in [0.3, 0.4) is 0 Å². The van der Waals surface area contributed by atoms with Gasteiger partial charge in [0.05, 0.1) is 12.6 Å². The van der Waals surface area contributed by atoms with Crippen molar-refractivity contribution in [2.24, 2.45) is 5.92 Å². The molecule has 0 unspecified atom stereocenters. The van der Waals surface area contributed by atoms with Crippen LogP contribution in [0.15, 0.2) is 54.6 Å². The Hall–Kier alpha value is -2.49. The second kappa shape index (κ2) is 10.2. The highest BCUT2D eigenvalue weighted by atomic mass is 16.5. The maximum Gasteiger partial charge on any atom is 0.220 e. The minimum atomic E-state index is 0.0110. The third kappa shape index (κ3) is 6.01. The lowest BCUT2D eigenvalue weighted by molar-refractivity contribution is -0.121. The summed E-state index contributed by atoms with van der Waals surface area (Å²) in [6.07, 6.45) is 3.78. The molecule has 0 aliphatic carbocycles. The van der Waals surface area contributed by atoms with Crippen LogP contribution in [-0.2, 0) is 4.79 Å². The van der Waals surface area contributed by atoms with E-state index in [0.29, 0.717) is 19.4 Å². The van der Waals surface area contributed by atoms with Crippen molar-refractivity contribution in [1.29, 1.82) is 0 Å². The van der Waals surface area contributed by atoms with E-state index in [1.54, 1.807) is 0 Å². The molecule has 1 aliphatic heterocycles. The van der Waals surface area contributed by atoms with Gasteiger partial charge in [0, 0.05) is 25.2 Å². The van der Waals surface area contributed by atoms with Crippen molar-refractivity contribution in [3.05, 3.63) is 60.2 Å². The number of benzene rings is 2. The molecule has 1 aliphatic rings.